The van der Waals surface area contributed by atoms with Crippen molar-refractivity contribution in [3.8, 4) is 5.75 Å². The molecule has 0 saturated carbocycles. The molecule has 25 atom stereocenters. The second kappa shape index (κ2) is 34.1. The maximum atomic E-state index is 15.3. The minimum Gasteiger partial charge on any atom is -0.462 e. The number of guanidine groups is 2. The van der Waals surface area contributed by atoms with Gasteiger partial charge in [-0.15, -0.1) is 0 Å². The fourth-order valence-electron chi connectivity index (χ4n) is 12.2. The van der Waals surface area contributed by atoms with E-state index in [1.807, 2.05) is 0 Å². The van der Waals surface area contributed by atoms with Gasteiger partial charge in [0.25, 0.3) is 5.91 Å². The number of rotatable bonds is 20. The first-order valence-corrected chi connectivity index (χ1v) is 31.9. The third kappa shape index (κ3) is 17.4. The Kier molecular flexibility index (Phi) is 26.5. The fraction of sp³-hybridized carbons (Fsp3) is 0.650. The highest BCUT2D eigenvalue weighted by molar-refractivity contribution is 5.99. The highest BCUT2D eigenvalue weighted by Crippen LogP contribution is 2.33. The maximum Gasteiger partial charge on any atom is 0.251 e. The number of hydrogen-bond acceptors (Lipinski definition) is 27. The van der Waals surface area contributed by atoms with E-state index in [2.05, 4.69) is 52.8 Å². The van der Waals surface area contributed by atoms with E-state index in [0.717, 1.165) is 4.90 Å². The van der Waals surface area contributed by atoms with Crippen LogP contribution in [0.15, 0.2) is 59.6 Å². The zero-order valence-corrected chi connectivity index (χ0v) is 53.3. The number of aliphatic hydroxyl groups excluding tert-OH is 14. The molecule has 6 aliphatic rings. The summed E-state index contributed by atoms with van der Waals surface area (Å²) in [5.74, 6) is -10.7. The number of carbonyl (C=O) groups is 7. The van der Waals surface area contributed by atoms with Crippen molar-refractivity contribution in [1.82, 2.24) is 52.8 Å². The molecule has 6 saturated heterocycles. The van der Waals surface area contributed by atoms with Crippen LogP contribution in [0.5, 0.6) is 5.75 Å². The van der Waals surface area contributed by atoms with Crippen LogP contribution in [0.1, 0.15) is 50.7 Å². The molecule has 98 heavy (non-hydrogen) atoms. The molecule has 0 aliphatic carbocycles. The molecule has 38 heteroatoms. The van der Waals surface area contributed by atoms with Gasteiger partial charge in [-0.2, -0.15) is 4.99 Å². The monoisotopic (exact) mass is 1390 g/mol. The summed E-state index contributed by atoms with van der Waals surface area (Å²) in [6.07, 6.45) is -31.8. The van der Waals surface area contributed by atoms with Crippen molar-refractivity contribution in [1.29, 1.82) is 5.41 Å². The largest absolute Gasteiger partial charge is 0.462 e. The molecule has 6 aliphatic heterocycles. The van der Waals surface area contributed by atoms with Crippen LogP contribution in [0.3, 0.4) is 0 Å². The van der Waals surface area contributed by atoms with Crippen LogP contribution in [-0.4, -0.2) is 322 Å². The number of hydrogen-bond donors (Lipinski definition) is 24. The molecule has 2 aromatic rings. The lowest BCUT2D eigenvalue weighted by atomic mass is 9.92. The van der Waals surface area contributed by atoms with Crippen molar-refractivity contribution in [3.05, 3.63) is 65.7 Å². The fourth-order valence-corrected chi connectivity index (χ4v) is 12.2. The Hall–Kier alpha value is -7.45. The minimum atomic E-state index is -2.42. The van der Waals surface area contributed by atoms with Crippen LogP contribution in [-0.2, 0) is 58.9 Å². The molecule has 0 aromatic heterocycles. The van der Waals surface area contributed by atoms with Crippen molar-refractivity contribution < 1.29 is 129 Å². The first-order chi connectivity index (χ1) is 46.7. The van der Waals surface area contributed by atoms with Gasteiger partial charge in [-0.05, 0) is 36.1 Å². The molecule has 2 aromatic carbocycles. The lowest BCUT2D eigenvalue weighted by Gasteiger charge is -2.46. The molecule has 544 valence electrons. The number of carbonyl (C=O) groups excluding carboxylic acids is 7. The van der Waals surface area contributed by atoms with Gasteiger partial charge in [0, 0.05) is 31.3 Å². The van der Waals surface area contributed by atoms with Gasteiger partial charge in [-0.1, -0.05) is 63.2 Å². The summed E-state index contributed by atoms with van der Waals surface area (Å²) in [7, 11) is 0. The quantitative estimate of drug-likeness (QED) is 0.0585. The van der Waals surface area contributed by atoms with Gasteiger partial charge in [0.1, 0.15) is 121 Å². The Morgan fingerprint density at radius 2 is 1.16 bits per heavy atom. The molecule has 6 fully saturated rings. The minimum absolute atomic E-state index is 0.0859. The van der Waals surface area contributed by atoms with Crippen LogP contribution in [0.2, 0.25) is 0 Å². The average molecular weight is 1390 g/mol. The number of ether oxygens (including phenoxy) is 5. The van der Waals surface area contributed by atoms with Crippen molar-refractivity contribution in [2.45, 2.75) is 193 Å². The first kappa shape index (κ1) is 76.3. The van der Waals surface area contributed by atoms with E-state index in [0.29, 0.717) is 18.4 Å². The predicted octanol–water partition coefficient (Wildman–Crippen LogP) is -11.8. The van der Waals surface area contributed by atoms with Crippen LogP contribution in [0, 0.1) is 11.3 Å². The number of amides is 7. The molecule has 0 bridgehead atoms. The zero-order chi connectivity index (χ0) is 71.6. The summed E-state index contributed by atoms with van der Waals surface area (Å²) < 4.78 is 28.5. The van der Waals surface area contributed by atoms with E-state index in [9.17, 15) is 95.5 Å². The van der Waals surface area contributed by atoms with E-state index in [1.54, 1.807) is 51.1 Å². The van der Waals surface area contributed by atoms with E-state index < -0.39 is 252 Å². The van der Waals surface area contributed by atoms with Gasteiger partial charge >= 0.3 is 0 Å². The van der Waals surface area contributed by atoms with Crippen LogP contribution in [0.4, 0.5) is 0 Å². The molecule has 0 spiro atoms. The summed E-state index contributed by atoms with van der Waals surface area (Å²) in [6, 6.07) is 0.425. The van der Waals surface area contributed by atoms with Gasteiger partial charge < -0.3 is 148 Å². The Balaban J connectivity index is 1.14. The van der Waals surface area contributed by atoms with Crippen LogP contribution < -0.4 is 52.6 Å². The van der Waals surface area contributed by atoms with E-state index >= 15 is 9.59 Å². The highest BCUT2D eigenvalue weighted by Gasteiger charge is 2.55. The molecule has 7 amide bonds. The first-order valence-electron chi connectivity index (χ1n) is 31.9. The standard InChI is InChI=1S/C60H88N12O26/c1-4-25(5-2)50(88)71-60-64-17-31(72(60)56-46(85)43(82)41(80)32(20-74)95-56)40(79)38-54(92)66-30(19-73)51(89)62-18-35(77)68-36(23(3)26-9-7-6-8-10-26)53(91)65-28(52(90)69-37(55(93)70-38)39(78)29-16-63-59(61)67-29)15-24-11-13-27(14-12-24)94-57-48(87)45(84)49(34(22-76)97-57)98-58-47(86)44(83)42(81)33(21-75)96-58/h6-14,23,25,28-34,36-49,56-58,73-76,78-87H,4-5,15-22H2,1-3H3,(H,62,89)(H,65,91)(H,66,92)(H,68,77)(H,69,90)(H,70,93)(H3,61,63,67)(H,64,71,88). The normalized spacial score (nSPS) is 36.2. The molecule has 25 unspecified atom stereocenters. The van der Waals surface area contributed by atoms with E-state index in [4.69, 9.17) is 29.1 Å². The Morgan fingerprint density at radius 1 is 0.592 bits per heavy atom. The lowest BCUT2D eigenvalue weighted by Crippen LogP contribution is -2.69. The highest BCUT2D eigenvalue weighted by atomic mass is 16.7. The Morgan fingerprint density at radius 3 is 1.78 bits per heavy atom. The predicted molar refractivity (Wildman–Crippen MR) is 330 cm³/mol. The van der Waals surface area contributed by atoms with Crippen LogP contribution in [0.25, 0.3) is 0 Å². The molecule has 0 radical (unpaired) electrons. The second-order valence-corrected chi connectivity index (χ2v) is 24.6. The number of nitrogens with zero attached hydrogens (tertiary/aromatic N) is 2. The zero-order valence-electron chi connectivity index (χ0n) is 53.3. The molecule has 38 nitrogen and oxygen atoms in total. The molecule has 8 rings (SSSR count). The summed E-state index contributed by atoms with van der Waals surface area (Å²) in [6.45, 7) is -0.624. The van der Waals surface area contributed by atoms with Gasteiger partial charge in [0.2, 0.25) is 47.7 Å². The Labute approximate surface area is 559 Å². The average Bonchev–Trinajstić information content (AvgIpc) is 1.49. The van der Waals surface area contributed by atoms with Crippen molar-refractivity contribution in [3.63, 3.8) is 0 Å². The molecular weight excluding hydrogens is 1300 g/mol. The molecule has 24 N–H and O–H groups in total. The van der Waals surface area contributed by atoms with Gasteiger partial charge in [-0.25, -0.2) is 0 Å². The van der Waals surface area contributed by atoms with Crippen LogP contribution >= 0.6 is 0 Å². The van der Waals surface area contributed by atoms with E-state index in [1.165, 1.54) is 24.3 Å². The SMILES string of the molecule is CCC(CC)C(=O)/N=C1\NCC(C(O)C2NC(=O)C(C(O)C3CNC(=N)N3)NC(=O)C(Cc3ccc(OC4OC(CO)C(OC5OC(CO)C(O)C(O)C5O)C(O)C4O)cc3)NC(=O)C(C(C)c3ccccc3)NC(=O)CNC(=O)C(CO)NC2=O)N1C1OC(CO)C(O)C(O)C1O. The maximum absolute atomic E-state index is 15.3. The van der Waals surface area contributed by atoms with Crippen molar-refractivity contribution >= 4 is 53.3 Å². The molecular formula is C60H88N12O26. The van der Waals surface area contributed by atoms with Gasteiger partial charge in [-0.3, -0.25) is 39.0 Å². The number of aliphatic imine (C=N–C) groups is 1. The summed E-state index contributed by atoms with van der Waals surface area (Å²) in [4.78, 5) is 107. The number of benzene rings is 2. The molecule has 6 heterocycles. The third-order valence-electron chi connectivity index (χ3n) is 18.1. The van der Waals surface area contributed by atoms with E-state index in [-0.39, 0.29) is 23.8 Å². The van der Waals surface area contributed by atoms with Crippen molar-refractivity contribution in [2.75, 3.05) is 46.1 Å². The Bertz CT molecular complexity index is 3100. The smallest absolute Gasteiger partial charge is 0.251 e. The number of aliphatic hydroxyl groups is 14. The summed E-state index contributed by atoms with van der Waals surface area (Å²) in [5, 5.41) is 183. The number of nitrogens with one attached hydrogen (secondary N) is 10. The topological polar surface area (TPSA) is 597 Å². The van der Waals surface area contributed by atoms with Gasteiger partial charge in [0.05, 0.1) is 45.1 Å². The van der Waals surface area contributed by atoms with Gasteiger partial charge in [0.15, 0.2) is 18.5 Å². The summed E-state index contributed by atoms with van der Waals surface area (Å²) in [5.41, 5.74) is 0.683. The summed E-state index contributed by atoms with van der Waals surface area (Å²) >= 11 is 0. The lowest BCUT2D eigenvalue weighted by molar-refractivity contribution is -0.352. The third-order valence-corrected chi connectivity index (χ3v) is 18.1. The van der Waals surface area contributed by atoms with Crippen molar-refractivity contribution in [2.24, 2.45) is 10.9 Å². The second-order valence-electron chi connectivity index (χ2n) is 24.6.